The lowest BCUT2D eigenvalue weighted by atomic mass is 9.90. The molecular formula is C24H27N5O. The molecule has 2 aliphatic heterocycles. The van der Waals surface area contributed by atoms with E-state index in [4.69, 9.17) is 0 Å². The zero-order chi connectivity index (χ0) is 20.5. The number of nitrogens with one attached hydrogen (secondary N) is 1. The summed E-state index contributed by atoms with van der Waals surface area (Å²) in [7, 11) is 0. The second-order valence-electron chi connectivity index (χ2n) is 8.36. The van der Waals surface area contributed by atoms with Gasteiger partial charge in [-0.05, 0) is 56.5 Å². The van der Waals surface area contributed by atoms with Gasteiger partial charge in [0.15, 0.2) is 11.6 Å². The first-order chi connectivity index (χ1) is 14.7. The van der Waals surface area contributed by atoms with Crippen LogP contribution in [0.15, 0.2) is 54.6 Å². The van der Waals surface area contributed by atoms with Gasteiger partial charge in [0.05, 0.1) is 12.6 Å². The number of hydrogen-bond donors (Lipinski definition) is 1. The highest BCUT2D eigenvalue weighted by Crippen LogP contribution is 2.29. The molecule has 1 amide bonds. The lowest BCUT2D eigenvalue weighted by Gasteiger charge is -2.32. The number of rotatable bonds is 3. The van der Waals surface area contributed by atoms with Crippen molar-refractivity contribution in [2.45, 2.75) is 38.3 Å². The second kappa shape index (κ2) is 8.03. The Hall–Kier alpha value is -2.99. The molecule has 154 valence electrons. The van der Waals surface area contributed by atoms with Gasteiger partial charge >= 0.3 is 0 Å². The van der Waals surface area contributed by atoms with Crippen LogP contribution in [-0.4, -0.2) is 45.2 Å². The Morgan fingerprint density at radius 1 is 1.00 bits per heavy atom. The summed E-state index contributed by atoms with van der Waals surface area (Å²) in [4.78, 5) is 15.1. The molecule has 1 saturated heterocycles. The topological polar surface area (TPSA) is 63.1 Å². The fourth-order valence-corrected chi connectivity index (χ4v) is 4.70. The van der Waals surface area contributed by atoms with E-state index in [2.05, 4.69) is 39.1 Å². The van der Waals surface area contributed by atoms with Crippen molar-refractivity contribution in [3.05, 3.63) is 71.5 Å². The number of carbonyl (C=O) groups is 1. The number of hydrogen-bond acceptors (Lipinski definition) is 4. The van der Waals surface area contributed by atoms with Gasteiger partial charge in [-0.3, -0.25) is 4.79 Å². The SMILES string of the molecule is C[C@H]1CN(C(=O)c2ccc(C3CCNCC3)cc2)Cc2nnc(-c3ccccc3)n21. The van der Waals surface area contributed by atoms with Gasteiger partial charge in [0.25, 0.3) is 5.91 Å². The van der Waals surface area contributed by atoms with Gasteiger partial charge in [-0.2, -0.15) is 0 Å². The molecule has 2 aliphatic rings. The molecule has 0 saturated carbocycles. The molecule has 1 N–H and O–H groups in total. The maximum atomic E-state index is 13.2. The Morgan fingerprint density at radius 2 is 1.73 bits per heavy atom. The summed E-state index contributed by atoms with van der Waals surface area (Å²) >= 11 is 0. The van der Waals surface area contributed by atoms with E-state index in [1.165, 1.54) is 5.56 Å². The fraction of sp³-hybridized carbons (Fsp3) is 0.375. The Labute approximate surface area is 176 Å². The third kappa shape index (κ3) is 3.52. The molecule has 3 heterocycles. The molecule has 6 nitrogen and oxygen atoms in total. The molecule has 2 aromatic carbocycles. The Kier molecular flexibility index (Phi) is 5.09. The number of amides is 1. The molecule has 0 unspecified atom stereocenters. The molecule has 6 heteroatoms. The predicted octanol–water partition coefficient (Wildman–Crippen LogP) is 3.63. The van der Waals surface area contributed by atoms with Crippen LogP contribution in [0.1, 0.15) is 53.5 Å². The van der Waals surface area contributed by atoms with Gasteiger partial charge in [0.2, 0.25) is 0 Å². The molecule has 0 radical (unpaired) electrons. The molecule has 1 fully saturated rings. The first kappa shape index (κ1) is 19.0. The number of piperidine rings is 1. The summed E-state index contributed by atoms with van der Waals surface area (Å²) in [5, 5.41) is 12.2. The molecular weight excluding hydrogens is 374 g/mol. The lowest BCUT2D eigenvalue weighted by Crippen LogP contribution is -2.40. The summed E-state index contributed by atoms with van der Waals surface area (Å²) in [5.74, 6) is 2.37. The minimum absolute atomic E-state index is 0.0641. The van der Waals surface area contributed by atoms with E-state index in [-0.39, 0.29) is 11.9 Å². The number of nitrogens with zero attached hydrogens (tertiary/aromatic N) is 4. The van der Waals surface area contributed by atoms with Crippen LogP contribution in [0.5, 0.6) is 0 Å². The number of carbonyl (C=O) groups excluding carboxylic acids is 1. The summed E-state index contributed by atoms with van der Waals surface area (Å²) in [6, 6.07) is 18.5. The van der Waals surface area contributed by atoms with Crippen molar-refractivity contribution < 1.29 is 4.79 Å². The van der Waals surface area contributed by atoms with Crippen LogP contribution in [0.3, 0.4) is 0 Å². The van der Waals surface area contributed by atoms with E-state index in [9.17, 15) is 4.79 Å². The molecule has 1 aromatic heterocycles. The standard InChI is InChI=1S/C24H27N5O/c1-17-15-28(16-22-26-27-23(29(17)22)20-5-3-2-4-6-20)24(30)21-9-7-18(8-10-21)19-11-13-25-14-12-19/h2-10,17,19,25H,11-16H2,1H3/t17-/m0/s1. The van der Waals surface area contributed by atoms with Crippen LogP contribution in [0.4, 0.5) is 0 Å². The van der Waals surface area contributed by atoms with Gasteiger partial charge in [0.1, 0.15) is 0 Å². The van der Waals surface area contributed by atoms with E-state index in [1.807, 2.05) is 47.4 Å². The average molecular weight is 402 g/mol. The first-order valence-electron chi connectivity index (χ1n) is 10.8. The average Bonchev–Trinajstić information content (AvgIpc) is 3.25. The zero-order valence-electron chi connectivity index (χ0n) is 17.3. The Balaban J connectivity index is 1.34. The van der Waals surface area contributed by atoms with Crippen LogP contribution in [0.25, 0.3) is 11.4 Å². The molecule has 0 aliphatic carbocycles. The van der Waals surface area contributed by atoms with Crippen molar-refractivity contribution in [2.75, 3.05) is 19.6 Å². The Bertz CT molecular complexity index is 1020. The maximum Gasteiger partial charge on any atom is 0.254 e. The third-order valence-electron chi connectivity index (χ3n) is 6.31. The van der Waals surface area contributed by atoms with Crippen molar-refractivity contribution in [1.82, 2.24) is 25.0 Å². The Morgan fingerprint density at radius 3 is 2.47 bits per heavy atom. The summed E-state index contributed by atoms with van der Waals surface area (Å²) in [6.07, 6.45) is 2.33. The van der Waals surface area contributed by atoms with E-state index >= 15 is 0 Å². The van der Waals surface area contributed by atoms with Gasteiger partial charge in [-0.15, -0.1) is 10.2 Å². The van der Waals surface area contributed by atoms with Gasteiger partial charge in [-0.1, -0.05) is 42.5 Å². The molecule has 0 spiro atoms. The van der Waals surface area contributed by atoms with Crippen LogP contribution in [0.2, 0.25) is 0 Å². The van der Waals surface area contributed by atoms with Crippen molar-refractivity contribution in [3.8, 4) is 11.4 Å². The minimum atomic E-state index is 0.0641. The number of fused-ring (bicyclic) bond motifs is 1. The minimum Gasteiger partial charge on any atom is -0.329 e. The van der Waals surface area contributed by atoms with E-state index < -0.39 is 0 Å². The van der Waals surface area contributed by atoms with E-state index in [1.54, 1.807) is 0 Å². The van der Waals surface area contributed by atoms with Crippen LogP contribution >= 0.6 is 0 Å². The first-order valence-corrected chi connectivity index (χ1v) is 10.8. The largest absolute Gasteiger partial charge is 0.329 e. The molecule has 5 rings (SSSR count). The van der Waals surface area contributed by atoms with Crippen LogP contribution in [-0.2, 0) is 6.54 Å². The monoisotopic (exact) mass is 401 g/mol. The quantitative estimate of drug-likeness (QED) is 0.728. The molecule has 0 bridgehead atoms. The predicted molar refractivity (Wildman–Crippen MR) is 116 cm³/mol. The van der Waals surface area contributed by atoms with E-state index in [0.29, 0.717) is 19.0 Å². The molecule has 3 aromatic rings. The summed E-state index contributed by atoms with van der Waals surface area (Å²) in [5.41, 5.74) is 3.14. The van der Waals surface area contributed by atoms with Gasteiger partial charge < -0.3 is 14.8 Å². The number of aromatic nitrogens is 3. The van der Waals surface area contributed by atoms with E-state index in [0.717, 1.165) is 48.7 Å². The van der Waals surface area contributed by atoms with Gasteiger partial charge in [-0.25, -0.2) is 0 Å². The van der Waals surface area contributed by atoms with Gasteiger partial charge in [0, 0.05) is 17.7 Å². The summed E-state index contributed by atoms with van der Waals surface area (Å²) < 4.78 is 2.17. The highest BCUT2D eigenvalue weighted by Gasteiger charge is 2.30. The van der Waals surface area contributed by atoms with Crippen LogP contribution < -0.4 is 5.32 Å². The second-order valence-corrected chi connectivity index (χ2v) is 8.36. The molecule has 1 atom stereocenters. The summed E-state index contributed by atoms with van der Waals surface area (Å²) in [6.45, 7) is 5.41. The smallest absolute Gasteiger partial charge is 0.254 e. The highest BCUT2D eigenvalue weighted by molar-refractivity contribution is 5.94. The maximum absolute atomic E-state index is 13.2. The van der Waals surface area contributed by atoms with Crippen LogP contribution in [0, 0.1) is 0 Å². The normalized spacial score (nSPS) is 19.5. The lowest BCUT2D eigenvalue weighted by molar-refractivity contribution is 0.0682. The van der Waals surface area contributed by atoms with Crippen molar-refractivity contribution in [1.29, 1.82) is 0 Å². The highest BCUT2D eigenvalue weighted by atomic mass is 16.2. The molecule has 30 heavy (non-hydrogen) atoms. The number of benzene rings is 2. The third-order valence-corrected chi connectivity index (χ3v) is 6.31. The zero-order valence-corrected chi connectivity index (χ0v) is 17.3. The van der Waals surface area contributed by atoms with Crippen molar-refractivity contribution in [2.24, 2.45) is 0 Å². The van der Waals surface area contributed by atoms with Crippen molar-refractivity contribution >= 4 is 5.91 Å². The van der Waals surface area contributed by atoms with Crippen molar-refractivity contribution in [3.63, 3.8) is 0 Å². The fourth-order valence-electron chi connectivity index (χ4n) is 4.70.